The molecule has 0 aliphatic carbocycles. The molecule has 0 saturated carbocycles. The van der Waals surface area contributed by atoms with E-state index in [1.54, 1.807) is 24.4 Å². The molecule has 0 aliphatic heterocycles. The lowest BCUT2D eigenvalue weighted by Gasteiger charge is -2.09. The lowest BCUT2D eigenvalue weighted by Crippen LogP contribution is -2.14. The van der Waals surface area contributed by atoms with Gasteiger partial charge in [0.1, 0.15) is 11.6 Å². The van der Waals surface area contributed by atoms with Crippen LogP contribution in [0.4, 0.5) is 15.9 Å². The van der Waals surface area contributed by atoms with Crippen LogP contribution in [0.2, 0.25) is 0 Å². The lowest BCUT2D eigenvalue weighted by atomic mass is 10.1. The van der Waals surface area contributed by atoms with Gasteiger partial charge in [-0.2, -0.15) is 0 Å². The number of pyridine rings is 1. The quantitative estimate of drug-likeness (QED) is 0.816. The number of nitrogens with zero attached hydrogens (tertiary/aromatic N) is 1. The number of anilines is 2. The molecule has 4 nitrogen and oxygen atoms in total. The minimum atomic E-state index is -0.339. The number of carbonyl (C=O) groups excluding carboxylic acids is 1. The Hall–Kier alpha value is -2.43. The highest BCUT2D eigenvalue weighted by molar-refractivity contribution is 5.92. The zero-order valence-electron chi connectivity index (χ0n) is 13.5. The summed E-state index contributed by atoms with van der Waals surface area (Å²) in [5.41, 5.74) is 1.27. The molecular weight excluding hydrogens is 293 g/mol. The van der Waals surface area contributed by atoms with Crippen molar-refractivity contribution in [1.29, 1.82) is 0 Å². The molecule has 0 unspecified atom stereocenters. The van der Waals surface area contributed by atoms with E-state index in [2.05, 4.69) is 29.5 Å². The smallest absolute Gasteiger partial charge is 0.228 e. The SMILES string of the molecule is CC(C)CCNc1ccc(NC(=O)Cc2cccc(F)c2)cn1. The van der Waals surface area contributed by atoms with Crippen LogP contribution < -0.4 is 10.6 Å². The normalized spacial score (nSPS) is 10.6. The number of halogens is 1. The van der Waals surface area contributed by atoms with Crippen molar-refractivity contribution in [2.75, 3.05) is 17.2 Å². The van der Waals surface area contributed by atoms with Crippen LogP contribution in [0.25, 0.3) is 0 Å². The number of carbonyl (C=O) groups is 1. The second-order valence-electron chi connectivity index (χ2n) is 5.90. The molecule has 0 fully saturated rings. The predicted octanol–water partition coefficient (Wildman–Crippen LogP) is 3.86. The van der Waals surface area contributed by atoms with Crippen molar-refractivity contribution in [1.82, 2.24) is 4.98 Å². The van der Waals surface area contributed by atoms with Gasteiger partial charge in [-0.1, -0.05) is 26.0 Å². The van der Waals surface area contributed by atoms with Gasteiger partial charge < -0.3 is 10.6 Å². The highest BCUT2D eigenvalue weighted by Crippen LogP contribution is 2.11. The standard InChI is InChI=1S/C18H22FN3O/c1-13(2)8-9-20-17-7-6-16(12-21-17)22-18(23)11-14-4-3-5-15(19)10-14/h3-7,10,12-13H,8-9,11H2,1-2H3,(H,20,21)(H,22,23). The maximum absolute atomic E-state index is 13.1. The molecule has 1 aromatic carbocycles. The largest absolute Gasteiger partial charge is 0.370 e. The number of nitrogens with one attached hydrogen (secondary N) is 2. The Labute approximate surface area is 136 Å². The fourth-order valence-electron chi connectivity index (χ4n) is 2.10. The summed E-state index contributed by atoms with van der Waals surface area (Å²) in [6.07, 6.45) is 2.82. The molecule has 5 heteroatoms. The monoisotopic (exact) mass is 315 g/mol. The van der Waals surface area contributed by atoms with Crippen LogP contribution in [-0.2, 0) is 11.2 Å². The van der Waals surface area contributed by atoms with Gasteiger partial charge >= 0.3 is 0 Å². The molecule has 1 aromatic heterocycles. The highest BCUT2D eigenvalue weighted by atomic mass is 19.1. The molecule has 2 N–H and O–H groups in total. The second kappa shape index (κ2) is 8.27. The van der Waals surface area contributed by atoms with Crippen LogP contribution in [0, 0.1) is 11.7 Å². The summed E-state index contributed by atoms with van der Waals surface area (Å²) in [5, 5.41) is 6.00. The molecule has 1 heterocycles. The molecule has 2 rings (SSSR count). The van der Waals surface area contributed by atoms with Gasteiger partial charge in [0.25, 0.3) is 0 Å². The number of hydrogen-bond acceptors (Lipinski definition) is 3. The molecule has 122 valence electrons. The van der Waals surface area contributed by atoms with E-state index in [1.807, 2.05) is 6.07 Å². The first-order chi connectivity index (χ1) is 11.0. The number of amides is 1. The van der Waals surface area contributed by atoms with Gasteiger partial charge in [-0.25, -0.2) is 9.37 Å². The molecule has 0 saturated heterocycles. The zero-order valence-corrected chi connectivity index (χ0v) is 13.5. The van der Waals surface area contributed by atoms with E-state index in [0.29, 0.717) is 17.2 Å². The maximum Gasteiger partial charge on any atom is 0.228 e. The van der Waals surface area contributed by atoms with Crippen LogP contribution in [0.5, 0.6) is 0 Å². The van der Waals surface area contributed by atoms with E-state index < -0.39 is 0 Å². The number of rotatable bonds is 7. The molecule has 0 radical (unpaired) electrons. The third kappa shape index (κ3) is 6.06. The van der Waals surface area contributed by atoms with Crippen LogP contribution in [0.15, 0.2) is 42.6 Å². The van der Waals surface area contributed by atoms with E-state index in [9.17, 15) is 9.18 Å². The van der Waals surface area contributed by atoms with Gasteiger partial charge in [-0.15, -0.1) is 0 Å². The first-order valence-electron chi connectivity index (χ1n) is 7.77. The molecule has 23 heavy (non-hydrogen) atoms. The van der Waals surface area contributed by atoms with E-state index in [4.69, 9.17) is 0 Å². The zero-order chi connectivity index (χ0) is 16.7. The Balaban J connectivity index is 1.84. The Bertz CT molecular complexity index is 641. The predicted molar refractivity (Wildman–Crippen MR) is 90.9 cm³/mol. The van der Waals surface area contributed by atoms with Gasteiger partial charge in [0.05, 0.1) is 18.3 Å². The van der Waals surface area contributed by atoms with E-state index >= 15 is 0 Å². The van der Waals surface area contributed by atoms with Crippen molar-refractivity contribution in [3.8, 4) is 0 Å². The summed E-state index contributed by atoms with van der Waals surface area (Å²) in [5.74, 6) is 0.893. The topological polar surface area (TPSA) is 54.0 Å². The van der Waals surface area contributed by atoms with E-state index in [1.165, 1.54) is 12.1 Å². The van der Waals surface area contributed by atoms with Crippen molar-refractivity contribution in [2.24, 2.45) is 5.92 Å². The first-order valence-corrected chi connectivity index (χ1v) is 7.77. The lowest BCUT2D eigenvalue weighted by molar-refractivity contribution is -0.115. The summed E-state index contributed by atoms with van der Waals surface area (Å²) in [6.45, 7) is 5.22. The third-order valence-electron chi connectivity index (χ3n) is 3.33. The van der Waals surface area contributed by atoms with Crippen molar-refractivity contribution in [3.63, 3.8) is 0 Å². The molecule has 2 aromatic rings. The van der Waals surface area contributed by atoms with Crippen LogP contribution >= 0.6 is 0 Å². The molecule has 0 atom stereocenters. The van der Waals surface area contributed by atoms with Gasteiger partial charge in [-0.05, 0) is 42.2 Å². The van der Waals surface area contributed by atoms with Crippen molar-refractivity contribution in [3.05, 3.63) is 54.0 Å². The van der Waals surface area contributed by atoms with Gasteiger partial charge in [-0.3, -0.25) is 4.79 Å². The number of benzene rings is 1. The van der Waals surface area contributed by atoms with Crippen molar-refractivity contribution >= 4 is 17.4 Å². The van der Waals surface area contributed by atoms with Crippen LogP contribution in [0.3, 0.4) is 0 Å². The van der Waals surface area contributed by atoms with Crippen molar-refractivity contribution < 1.29 is 9.18 Å². The van der Waals surface area contributed by atoms with Gasteiger partial charge in [0.2, 0.25) is 5.91 Å². The fraction of sp³-hybridized carbons (Fsp3) is 0.333. The Kier molecular flexibility index (Phi) is 6.09. The Morgan fingerprint density at radius 3 is 2.74 bits per heavy atom. The Morgan fingerprint density at radius 2 is 2.09 bits per heavy atom. The Morgan fingerprint density at radius 1 is 1.26 bits per heavy atom. The molecule has 1 amide bonds. The molecular formula is C18H22FN3O. The van der Waals surface area contributed by atoms with E-state index in [0.717, 1.165) is 18.8 Å². The number of hydrogen-bond donors (Lipinski definition) is 2. The molecule has 0 aliphatic rings. The van der Waals surface area contributed by atoms with Gasteiger partial charge in [0.15, 0.2) is 0 Å². The van der Waals surface area contributed by atoms with Crippen LogP contribution in [0.1, 0.15) is 25.8 Å². The molecule has 0 bridgehead atoms. The van der Waals surface area contributed by atoms with Crippen LogP contribution in [-0.4, -0.2) is 17.4 Å². The summed E-state index contributed by atoms with van der Waals surface area (Å²) in [7, 11) is 0. The maximum atomic E-state index is 13.1. The third-order valence-corrected chi connectivity index (χ3v) is 3.33. The summed E-state index contributed by atoms with van der Waals surface area (Å²) in [4.78, 5) is 16.2. The number of aromatic nitrogens is 1. The van der Waals surface area contributed by atoms with Gasteiger partial charge in [0, 0.05) is 6.54 Å². The molecule has 0 spiro atoms. The summed E-state index contributed by atoms with van der Waals surface area (Å²) < 4.78 is 13.1. The summed E-state index contributed by atoms with van der Waals surface area (Å²) >= 11 is 0. The highest BCUT2D eigenvalue weighted by Gasteiger charge is 2.05. The van der Waals surface area contributed by atoms with E-state index in [-0.39, 0.29) is 18.1 Å². The first kappa shape index (κ1) is 16.9. The van der Waals surface area contributed by atoms with Crippen molar-refractivity contribution in [2.45, 2.75) is 26.7 Å². The average Bonchev–Trinajstić information content (AvgIpc) is 2.48. The summed E-state index contributed by atoms with van der Waals surface area (Å²) in [6, 6.07) is 9.67. The minimum absolute atomic E-state index is 0.131. The average molecular weight is 315 g/mol. The fourth-order valence-corrected chi connectivity index (χ4v) is 2.10. The minimum Gasteiger partial charge on any atom is -0.370 e. The second-order valence-corrected chi connectivity index (χ2v) is 5.90.